The number of carbonyl (C=O) groups excluding carboxylic acids is 1. The molecule has 1 amide bonds. The van der Waals surface area contributed by atoms with Crippen LogP contribution in [0, 0.1) is 5.92 Å². The van der Waals surface area contributed by atoms with E-state index >= 15 is 0 Å². The Labute approximate surface area is 140 Å². The van der Waals surface area contributed by atoms with Gasteiger partial charge in [-0.25, -0.2) is 8.42 Å². The summed E-state index contributed by atoms with van der Waals surface area (Å²) in [5, 5.41) is 7.35. The third-order valence-electron chi connectivity index (χ3n) is 5.17. The molecule has 4 rings (SSSR count). The second-order valence-electron chi connectivity index (χ2n) is 6.76. The fourth-order valence-corrected chi connectivity index (χ4v) is 6.40. The molecule has 0 spiro atoms. The second-order valence-corrected chi connectivity index (χ2v) is 9.02. The predicted octanol–water partition coefficient (Wildman–Crippen LogP) is -0.471. The third-order valence-corrected chi connectivity index (χ3v) is 7.40. The monoisotopic (exact) mass is 349 g/mol. The summed E-state index contributed by atoms with van der Waals surface area (Å²) in [6.45, 7) is 0.714. The van der Waals surface area contributed by atoms with E-state index in [1.54, 1.807) is 27.6 Å². The standard InChI is InChI=1S/C15H19N5O3S/c1-18(2)12-8-24(22,23)13-7-20(6-11(12)13)15(21)10-4-3-5-19-9-16-17-14(10)19/h3-5,9,11-13H,6-8H2,1-2H3/t11-,12-,13-/m0/s1. The van der Waals surface area contributed by atoms with E-state index < -0.39 is 15.1 Å². The fraction of sp³-hybridized carbons (Fsp3) is 0.533. The average Bonchev–Trinajstić information content (AvgIpc) is 3.22. The summed E-state index contributed by atoms with van der Waals surface area (Å²) in [6, 6.07) is 3.43. The molecule has 8 nitrogen and oxygen atoms in total. The van der Waals surface area contributed by atoms with E-state index in [4.69, 9.17) is 0 Å². The SMILES string of the molecule is CN(C)[C@H]1CS(=O)(=O)[C@H]2CN(C(=O)c3cccn4cnnc34)C[C@@H]12. The number of pyridine rings is 1. The van der Waals surface area contributed by atoms with Gasteiger partial charge in [-0.2, -0.15) is 0 Å². The first kappa shape index (κ1) is 15.5. The van der Waals surface area contributed by atoms with E-state index in [1.165, 1.54) is 6.33 Å². The second kappa shape index (κ2) is 5.25. The van der Waals surface area contributed by atoms with E-state index in [1.807, 2.05) is 19.0 Å². The maximum Gasteiger partial charge on any atom is 0.257 e. The van der Waals surface area contributed by atoms with Crippen molar-refractivity contribution in [2.24, 2.45) is 5.92 Å². The molecule has 0 N–H and O–H groups in total. The van der Waals surface area contributed by atoms with Crippen LogP contribution in [0.1, 0.15) is 10.4 Å². The van der Waals surface area contributed by atoms with Gasteiger partial charge in [0.1, 0.15) is 6.33 Å². The quantitative estimate of drug-likeness (QED) is 0.728. The van der Waals surface area contributed by atoms with Crippen molar-refractivity contribution in [3.8, 4) is 0 Å². The van der Waals surface area contributed by atoms with Gasteiger partial charge in [-0.1, -0.05) is 0 Å². The molecule has 2 aromatic heterocycles. The van der Waals surface area contributed by atoms with Crippen LogP contribution in [0.4, 0.5) is 0 Å². The van der Waals surface area contributed by atoms with E-state index in [2.05, 4.69) is 10.2 Å². The maximum atomic E-state index is 12.9. The largest absolute Gasteiger partial charge is 0.337 e. The molecule has 3 atom stereocenters. The van der Waals surface area contributed by atoms with E-state index in [0.29, 0.717) is 17.8 Å². The summed E-state index contributed by atoms with van der Waals surface area (Å²) in [5.74, 6) is -0.0424. The van der Waals surface area contributed by atoms with Crippen molar-refractivity contribution in [2.75, 3.05) is 32.9 Å². The Kier molecular flexibility index (Phi) is 3.40. The Morgan fingerprint density at radius 1 is 1.33 bits per heavy atom. The van der Waals surface area contributed by atoms with Gasteiger partial charge in [0.05, 0.1) is 16.6 Å². The molecular formula is C15H19N5O3S. The zero-order valence-electron chi connectivity index (χ0n) is 13.5. The van der Waals surface area contributed by atoms with Gasteiger partial charge in [0.2, 0.25) is 0 Å². The minimum Gasteiger partial charge on any atom is -0.337 e. The number of rotatable bonds is 2. The minimum absolute atomic E-state index is 0.0356. The Hall–Kier alpha value is -2.00. The lowest BCUT2D eigenvalue weighted by molar-refractivity contribution is 0.0781. The first-order chi connectivity index (χ1) is 11.4. The molecule has 0 saturated carbocycles. The Morgan fingerprint density at radius 2 is 2.12 bits per heavy atom. The van der Waals surface area contributed by atoms with Gasteiger partial charge in [-0.05, 0) is 26.2 Å². The maximum absolute atomic E-state index is 12.9. The molecule has 0 radical (unpaired) electrons. The lowest BCUT2D eigenvalue weighted by Gasteiger charge is -2.25. The van der Waals surface area contributed by atoms with Crippen molar-refractivity contribution in [3.63, 3.8) is 0 Å². The average molecular weight is 349 g/mol. The van der Waals surface area contributed by atoms with Crippen LogP contribution in [0.25, 0.3) is 5.65 Å². The number of sulfone groups is 1. The van der Waals surface area contributed by atoms with Crippen molar-refractivity contribution in [2.45, 2.75) is 11.3 Å². The third kappa shape index (κ3) is 2.22. The molecule has 2 saturated heterocycles. The highest BCUT2D eigenvalue weighted by molar-refractivity contribution is 7.92. The van der Waals surface area contributed by atoms with Crippen molar-refractivity contribution < 1.29 is 13.2 Å². The molecule has 24 heavy (non-hydrogen) atoms. The lowest BCUT2D eigenvalue weighted by atomic mass is 10.00. The van der Waals surface area contributed by atoms with Gasteiger partial charge in [0.25, 0.3) is 5.91 Å². The molecule has 4 heterocycles. The van der Waals surface area contributed by atoms with Gasteiger partial charge >= 0.3 is 0 Å². The van der Waals surface area contributed by atoms with Crippen LogP contribution in [0.5, 0.6) is 0 Å². The van der Waals surface area contributed by atoms with Crippen LogP contribution in [0.2, 0.25) is 0 Å². The lowest BCUT2D eigenvalue weighted by Crippen LogP contribution is -2.38. The van der Waals surface area contributed by atoms with E-state index in [0.717, 1.165) is 0 Å². The number of hydrogen-bond acceptors (Lipinski definition) is 6. The molecule has 9 heteroatoms. The number of nitrogens with zero attached hydrogens (tertiary/aromatic N) is 5. The summed E-state index contributed by atoms with van der Waals surface area (Å²) < 4.78 is 26.6. The van der Waals surface area contributed by atoms with Crippen molar-refractivity contribution in [1.29, 1.82) is 0 Å². The molecule has 2 aliphatic heterocycles. The topological polar surface area (TPSA) is 87.9 Å². The molecule has 0 unspecified atom stereocenters. The van der Waals surface area contributed by atoms with Gasteiger partial charge in [0, 0.05) is 31.2 Å². The molecule has 0 aliphatic carbocycles. The normalized spacial score (nSPS) is 28.6. The molecule has 128 valence electrons. The number of carbonyl (C=O) groups is 1. The summed E-state index contributed by atoms with van der Waals surface area (Å²) in [6.07, 6.45) is 3.31. The molecule has 0 aromatic carbocycles. The van der Waals surface area contributed by atoms with Crippen molar-refractivity contribution in [1.82, 2.24) is 24.4 Å². The van der Waals surface area contributed by atoms with Gasteiger partial charge in [-0.3, -0.25) is 9.20 Å². The van der Waals surface area contributed by atoms with Crippen molar-refractivity contribution >= 4 is 21.4 Å². The van der Waals surface area contributed by atoms with Crippen LogP contribution in [-0.2, 0) is 9.84 Å². The molecule has 2 fully saturated rings. The van der Waals surface area contributed by atoms with E-state index in [9.17, 15) is 13.2 Å². The van der Waals surface area contributed by atoms with Crippen LogP contribution < -0.4 is 0 Å². The minimum atomic E-state index is -3.17. The highest BCUT2D eigenvalue weighted by Gasteiger charge is 2.53. The first-order valence-electron chi connectivity index (χ1n) is 7.84. The number of likely N-dealkylation sites (tertiary alicyclic amines) is 1. The van der Waals surface area contributed by atoms with E-state index in [-0.39, 0.29) is 30.2 Å². The molecule has 0 bridgehead atoms. The van der Waals surface area contributed by atoms with Crippen LogP contribution in [0.15, 0.2) is 24.7 Å². The van der Waals surface area contributed by atoms with Crippen LogP contribution in [-0.4, -0.2) is 83.0 Å². The Morgan fingerprint density at radius 3 is 2.88 bits per heavy atom. The predicted molar refractivity (Wildman–Crippen MR) is 87.4 cm³/mol. The van der Waals surface area contributed by atoms with Gasteiger partial charge in [0.15, 0.2) is 15.5 Å². The fourth-order valence-electron chi connectivity index (χ4n) is 3.92. The molecular weight excluding hydrogens is 330 g/mol. The number of aromatic nitrogens is 3. The number of hydrogen-bond donors (Lipinski definition) is 0. The van der Waals surface area contributed by atoms with Gasteiger partial charge < -0.3 is 9.80 Å². The van der Waals surface area contributed by atoms with Gasteiger partial charge in [-0.15, -0.1) is 10.2 Å². The van der Waals surface area contributed by atoms with Crippen LogP contribution in [0.3, 0.4) is 0 Å². The smallest absolute Gasteiger partial charge is 0.257 e. The number of amides is 1. The first-order valence-corrected chi connectivity index (χ1v) is 9.55. The molecule has 2 aromatic rings. The van der Waals surface area contributed by atoms with Crippen molar-refractivity contribution in [3.05, 3.63) is 30.2 Å². The Balaban J connectivity index is 1.65. The highest BCUT2D eigenvalue weighted by atomic mass is 32.2. The summed E-state index contributed by atoms with van der Waals surface area (Å²) in [7, 11) is 0.619. The molecule has 2 aliphatic rings. The zero-order valence-corrected chi connectivity index (χ0v) is 14.3. The summed E-state index contributed by atoms with van der Waals surface area (Å²) >= 11 is 0. The zero-order chi connectivity index (χ0) is 17.1. The summed E-state index contributed by atoms with van der Waals surface area (Å²) in [4.78, 5) is 16.5. The highest BCUT2D eigenvalue weighted by Crippen LogP contribution is 2.36. The Bertz CT molecular complexity index is 907. The number of fused-ring (bicyclic) bond motifs is 2. The summed E-state index contributed by atoms with van der Waals surface area (Å²) in [5.41, 5.74) is 0.945. The van der Waals surface area contributed by atoms with Crippen LogP contribution >= 0.6 is 0 Å².